The molecule has 0 atom stereocenters. The molecule has 6 nitrogen and oxygen atoms in total. The standard InChI is InChI=1S/C19H22N2O4S/c1-4-21(14(2)22)13-15-6-5-7-17(12-15)20-19(23)16-8-10-18(11-9-16)26(3,24)25/h5-12H,4,13H2,1-3H3,(H,20,23). The number of benzene rings is 2. The second-order valence-electron chi connectivity index (χ2n) is 5.98. The van der Waals surface area contributed by atoms with Gasteiger partial charge in [-0.05, 0) is 48.9 Å². The summed E-state index contributed by atoms with van der Waals surface area (Å²) in [6.07, 6.45) is 1.12. The Bertz CT molecular complexity index is 905. The SMILES string of the molecule is CCN(Cc1cccc(NC(=O)c2ccc(S(C)(=O)=O)cc2)c1)C(C)=O. The van der Waals surface area contributed by atoms with Crippen molar-refractivity contribution in [3.05, 3.63) is 59.7 Å². The molecule has 0 heterocycles. The van der Waals surface area contributed by atoms with E-state index in [0.29, 0.717) is 24.3 Å². The minimum absolute atomic E-state index is 0.00657. The number of hydrogen-bond donors (Lipinski definition) is 1. The van der Waals surface area contributed by atoms with Crippen molar-refractivity contribution in [2.45, 2.75) is 25.3 Å². The molecule has 2 aromatic rings. The Balaban J connectivity index is 2.12. The first-order valence-electron chi connectivity index (χ1n) is 8.16. The first-order valence-corrected chi connectivity index (χ1v) is 10.1. The monoisotopic (exact) mass is 374 g/mol. The second-order valence-corrected chi connectivity index (χ2v) is 8.00. The van der Waals surface area contributed by atoms with Gasteiger partial charge >= 0.3 is 0 Å². The van der Waals surface area contributed by atoms with Gasteiger partial charge in [-0.2, -0.15) is 0 Å². The van der Waals surface area contributed by atoms with Crippen LogP contribution in [0.1, 0.15) is 29.8 Å². The Hall–Kier alpha value is -2.67. The molecule has 2 aromatic carbocycles. The van der Waals surface area contributed by atoms with Crippen LogP contribution in [0.2, 0.25) is 0 Å². The lowest BCUT2D eigenvalue weighted by Gasteiger charge is -2.19. The Morgan fingerprint density at radius 3 is 2.27 bits per heavy atom. The number of rotatable bonds is 6. The average Bonchev–Trinajstić information content (AvgIpc) is 2.59. The summed E-state index contributed by atoms with van der Waals surface area (Å²) < 4.78 is 22.9. The zero-order valence-electron chi connectivity index (χ0n) is 15.0. The van der Waals surface area contributed by atoms with Crippen LogP contribution in [-0.4, -0.2) is 37.9 Å². The molecular formula is C19H22N2O4S. The van der Waals surface area contributed by atoms with Crippen LogP contribution < -0.4 is 5.32 Å². The van der Waals surface area contributed by atoms with Crippen LogP contribution >= 0.6 is 0 Å². The van der Waals surface area contributed by atoms with E-state index in [0.717, 1.165) is 11.8 Å². The van der Waals surface area contributed by atoms with Crippen LogP contribution in [0.3, 0.4) is 0 Å². The summed E-state index contributed by atoms with van der Waals surface area (Å²) >= 11 is 0. The fourth-order valence-corrected chi connectivity index (χ4v) is 3.10. The lowest BCUT2D eigenvalue weighted by Crippen LogP contribution is -2.27. The third kappa shape index (κ3) is 5.16. The molecule has 0 aliphatic heterocycles. The van der Waals surface area contributed by atoms with Crippen molar-refractivity contribution in [1.82, 2.24) is 4.90 Å². The molecule has 26 heavy (non-hydrogen) atoms. The van der Waals surface area contributed by atoms with Crippen LogP contribution in [0, 0.1) is 0 Å². The summed E-state index contributed by atoms with van der Waals surface area (Å²) in [6, 6.07) is 13.0. The zero-order chi connectivity index (χ0) is 19.3. The fourth-order valence-electron chi connectivity index (χ4n) is 2.47. The van der Waals surface area contributed by atoms with Crippen molar-refractivity contribution in [2.75, 3.05) is 18.1 Å². The Labute approximate surface area is 153 Å². The molecule has 2 rings (SSSR count). The quantitative estimate of drug-likeness (QED) is 0.843. The highest BCUT2D eigenvalue weighted by molar-refractivity contribution is 7.90. The maximum Gasteiger partial charge on any atom is 0.255 e. The van der Waals surface area contributed by atoms with Gasteiger partial charge in [0, 0.05) is 37.5 Å². The van der Waals surface area contributed by atoms with E-state index in [1.807, 2.05) is 25.1 Å². The van der Waals surface area contributed by atoms with E-state index in [1.165, 1.54) is 31.2 Å². The third-order valence-electron chi connectivity index (χ3n) is 3.93. The Kier molecular flexibility index (Phi) is 6.15. The molecular weight excluding hydrogens is 352 g/mol. The fraction of sp³-hybridized carbons (Fsp3) is 0.263. The highest BCUT2D eigenvalue weighted by Crippen LogP contribution is 2.16. The molecule has 1 N–H and O–H groups in total. The Morgan fingerprint density at radius 1 is 1.08 bits per heavy atom. The number of anilines is 1. The maximum absolute atomic E-state index is 12.3. The van der Waals surface area contributed by atoms with E-state index >= 15 is 0 Å². The van der Waals surface area contributed by atoms with Crippen molar-refractivity contribution in [1.29, 1.82) is 0 Å². The predicted molar refractivity (Wildman–Crippen MR) is 101 cm³/mol. The van der Waals surface area contributed by atoms with E-state index in [9.17, 15) is 18.0 Å². The van der Waals surface area contributed by atoms with Crippen molar-refractivity contribution in [3.63, 3.8) is 0 Å². The van der Waals surface area contributed by atoms with Crippen molar-refractivity contribution >= 4 is 27.3 Å². The molecule has 0 aliphatic carbocycles. The largest absolute Gasteiger partial charge is 0.339 e. The number of sulfone groups is 1. The summed E-state index contributed by atoms with van der Waals surface area (Å²) in [5, 5.41) is 2.79. The van der Waals surface area contributed by atoms with Crippen molar-refractivity contribution < 1.29 is 18.0 Å². The third-order valence-corrected chi connectivity index (χ3v) is 5.06. The maximum atomic E-state index is 12.3. The number of amides is 2. The van der Waals surface area contributed by atoms with Gasteiger partial charge in [0.05, 0.1) is 4.90 Å². The number of carbonyl (C=O) groups excluding carboxylic acids is 2. The van der Waals surface area contributed by atoms with Crippen LogP contribution in [0.5, 0.6) is 0 Å². The second kappa shape index (κ2) is 8.14. The van der Waals surface area contributed by atoms with E-state index in [1.54, 1.807) is 11.0 Å². The lowest BCUT2D eigenvalue weighted by atomic mass is 10.1. The average molecular weight is 374 g/mol. The van der Waals surface area contributed by atoms with Gasteiger partial charge in [0.15, 0.2) is 9.84 Å². The number of carbonyl (C=O) groups is 2. The number of nitrogens with one attached hydrogen (secondary N) is 1. The summed E-state index contributed by atoms with van der Waals surface area (Å²) in [6.45, 7) is 4.51. The van der Waals surface area contributed by atoms with Crippen molar-refractivity contribution in [3.8, 4) is 0 Å². The van der Waals surface area contributed by atoms with Crippen LogP contribution in [0.25, 0.3) is 0 Å². The molecule has 0 spiro atoms. The molecule has 0 fully saturated rings. The minimum Gasteiger partial charge on any atom is -0.339 e. The molecule has 0 aromatic heterocycles. The normalized spacial score (nSPS) is 11.0. The Morgan fingerprint density at radius 2 is 1.73 bits per heavy atom. The molecule has 138 valence electrons. The highest BCUT2D eigenvalue weighted by atomic mass is 32.2. The molecule has 0 radical (unpaired) electrons. The van der Waals surface area contributed by atoms with E-state index in [4.69, 9.17) is 0 Å². The lowest BCUT2D eigenvalue weighted by molar-refractivity contribution is -0.129. The smallest absolute Gasteiger partial charge is 0.255 e. The molecule has 0 saturated carbocycles. The van der Waals surface area contributed by atoms with Gasteiger partial charge in [0.1, 0.15) is 0 Å². The summed E-state index contributed by atoms with van der Waals surface area (Å²) in [5.41, 5.74) is 1.88. The topological polar surface area (TPSA) is 83.6 Å². The van der Waals surface area contributed by atoms with Gasteiger partial charge in [-0.1, -0.05) is 12.1 Å². The number of hydrogen-bond acceptors (Lipinski definition) is 4. The summed E-state index contributed by atoms with van der Waals surface area (Å²) in [5.74, 6) is -0.339. The van der Waals surface area contributed by atoms with Gasteiger partial charge in [-0.15, -0.1) is 0 Å². The van der Waals surface area contributed by atoms with Gasteiger partial charge in [-0.25, -0.2) is 8.42 Å². The first kappa shape index (κ1) is 19.7. The molecule has 0 aliphatic rings. The molecule has 0 unspecified atom stereocenters. The predicted octanol–water partition coefficient (Wildman–Crippen LogP) is 2.71. The summed E-state index contributed by atoms with van der Waals surface area (Å²) in [7, 11) is -3.29. The number of nitrogens with zero attached hydrogens (tertiary/aromatic N) is 1. The molecule has 0 saturated heterocycles. The van der Waals surface area contributed by atoms with Crippen molar-refractivity contribution in [2.24, 2.45) is 0 Å². The van der Waals surface area contributed by atoms with Gasteiger partial charge in [0.2, 0.25) is 5.91 Å². The van der Waals surface area contributed by atoms with Crippen LogP contribution in [0.15, 0.2) is 53.4 Å². The van der Waals surface area contributed by atoms with Gasteiger partial charge in [0.25, 0.3) is 5.91 Å². The molecule has 0 bridgehead atoms. The van der Waals surface area contributed by atoms with Crippen LogP contribution in [-0.2, 0) is 21.2 Å². The van der Waals surface area contributed by atoms with Gasteiger partial charge < -0.3 is 10.2 Å². The minimum atomic E-state index is -3.29. The first-order chi connectivity index (χ1) is 12.2. The van der Waals surface area contributed by atoms with Crippen LogP contribution in [0.4, 0.5) is 5.69 Å². The van der Waals surface area contributed by atoms with Gasteiger partial charge in [-0.3, -0.25) is 9.59 Å². The molecule has 2 amide bonds. The summed E-state index contributed by atoms with van der Waals surface area (Å²) in [4.78, 5) is 25.8. The van der Waals surface area contributed by atoms with E-state index in [-0.39, 0.29) is 16.7 Å². The van der Waals surface area contributed by atoms with E-state index in [2.05, 4.69) is 5.32 Å². The highest BCUT2D eigenvalue weighted by Gasteiger charge is 2.11. The zero-order valence-corrected chi connectivity index (χ0v) is 15.8. The van der Waals surface area contributed by atoms with E-state index < -0.39 is 9.84 Å². The molecule has 7 heteroatoms.